The van der Waals surface area contributed by atoms with Crippen molar-refractivity contribution in [2.24, 2.45) is 0 Å². The summed E-state index contributed by atoms with van der Waals surface area (Å²) in [5.41, 5.74) is 1.79. The van der Waals surface area contributed by atoms with Crippen molar-refractivity contribution in [2.75, 3.05) is 20.6 Å². The van der Waals surface area contributed by atoms with E-state index in [0.29, 0.717) is 5.56 Å². The molecule has 0 fully saturated rings. The molecule has 0 aliphatic carbocycles. The van der Waals surface area contributed by atoms with Crippen molar-refractivity contribution in [3.63, 3.8) is 0 Å². The summed E-state index contributed by atoms with van der Waals surface area (Å²) in [5, 5.41) is 6.53. The number of amides is 1. The molecule has 0 saturated heterocycles. The van der Waals surface area contributed by atoms with Gasteiger partial charge >= 0.3 is 0 Å². The van der Waals surface area contributed by atoms with Crippen LogP contribution in [0.3, 0.4) is 0 Å². The van der Waals surface area contributed by atoms with Crippen LogP contribution in [0.4, 0.5) is 0 Å². The zero-order valence-corrected chi connectivity index (χ0v) is 12.5. The molecule has 0 unspecified atom stereocenters. The van der Waals surface area contributed by atoms with Gasteiger partial charge in [-0.1, -0.05) is 19.1 Å². The molecule has 0 aromatic heterocycles. The van der Waals surface area contributed by atoms with Gasteiger partial charge in [0.2, 0.25) is 0 Å². The Hall–Kier alpha value is -1.62. The molecule has 0 bridgehead atoms. The van der Waals surface area contributed by atoms with E-state index >= 15 is 0 Å². The number of carbonyl (C=O) groups excluding carboxylic acids is 1. The van der Waals surface area contributed by atoms with Crippen LogP contribution in [0.15, 0.2) is 24.3 Å². The molecule has 5 heteroatoms. The molecule has 0 aliphatic heterocycles. The van der Waals surface area contributed by atoms with Crippen molar-refractivity contribution >= 4 is 23.2 Å². The van der Waals surface area contributed by atoms with Crippen LogP contribution >= 0.6 is 12.2 Å². The van der Waals surface area contributed by atoms with Gasteiger partial charge in [-0.05, 0) is 36.3 Å². The summed E-state index contributed by atoms with van der Waals surface area (Å²) in [4.78, 5) is 13.4. The molecule has 4 nitrogen and oxygen atoms in total. The maximum Gasteiger partial charge on any atom is 0.251 e. The minimum atomic E-state index is -0.0694. The number of hydrogen-bond acceptors (Lipinski definition) is 2. The van der Waals surface area contributed by atoms with Gasteiger partial charge in [-0.2, -0.15) is 0 Å². The van der Waals surface area contributed by atoms with E-state index in [1.54, 1.807) is 7.05 Å². The number of nitrogens with zero attached hydrogens (tertiary/aromatic N) is 1. The van der Waals surface area contributed by atoms with Crippen LogP contribution < -0.4 is 10.6 Å². The molecule has 0 saturated carbocycles. The second kappa shape index (κ2) is 7.74. The number of thiocarbonyl (C=S) groups is 1. The van der Waals surface area contributed by atoms with Gasteiger partial charge in [0.25, 0.3) is 5.91 Å². The van der Waals surface area contributed by atoms with Crippen LogP contribution in [0.2, 0.25) is 0 Å². The number of hydrogen-bond donors (Lipinski definition) is 2. The van der Waals surface area contributed by atoms with E-state index in [0.717, 1.165) is 30.2 Å². The summed E-state index contributed by atoms with van der Waals surface area (Å²) in [7, 11) is 3.58. The fourth-order valence-corrected chi connectivity index (χ4v) is 1.79. The quantitative estimate of drug-likeness (QED) is 0.806. The van der Waals surface area contributed by atoms with E-state index in [1.165, 1.54) is 0 Å². The first-order valence-electron chi connectivity index (χ1n) is 6.38. The predicted molar refractivity (Wildman–Crippen MR) is 82.2 cm³/mol. The topological polar surface area (TPSA) is 44.4 Å². The molecular formula is C14H21N3OS. The number of rotatable bonds is 5. The summed E-state index contributed by atoms with van der Waals surface area (Å²) in [6.07, 6.45) is 1.05. The summed E-state index contributed by atoms with van der Waals surface area (Å²) >= 11 is 5.28. The maximum absolute atomic E-state index is 11.4. The summed E-state index contributed by atoms with van der Waals surface area (Å²) < 4.78 is 0. The predicted octanol–water partition coefficient (Wildman–Crippen LogP) is 1.76. The lowest BCUT2D eigenvalue weighted by Crippen LogP contribution is -2.36. The van der Waals surface area contributed by atoms with Gasteiger partial charge in [0, 0.05) is 32.7 Å². The Balaban J connectivity index is 2.57. The molecule has 0 atom stereocenters. The highest BCUT2D eigenvalue weighted by Crippen LogP contribution is 2.07. The third-order valence-electron chi connectivity index (χ3n) is 2.74. The third kappa shape index (κ3) is 4.87. The zero-order chi connectivity index (χ0) is 14.3. The molecule has 1 aromatic rings. The minimum absolute atomic E-state index is 0.0694. The first-order valence-corrected chi connectivity index (χ1v) is 6.79. The molecule has 0 spiro atoms. The first-order chi connectivity index (χ1) is 9.08. The fraction of sp³-hybridized carbons (Fsp3) is 0.429. The van der Waals surface area contributed by atoms with Gasteiger partial charge < -0.3 is 15.5 Å². The monoisotopic (exact) mass is 279 g/mol. The third-order valence-corrected chi connectivity index (χ3v) is 3.19. The number of benzene rings is 1. The van der Waals surface area contributed by atoms with Crippen molar-refractivity contribution in [1.82, 2.24) is 15.5 Å². The van der Waals surface area contributed by atoms with E-state index in [1.807, 2.05) is 36.2 Å². The minimum Gasteiger partial charge on any atom is -0.363 e. The Morgan fingerprint density at radius 3 is 2.47 bits per heavy atom. The lowest BCUT2D eigenvalue weighted by molar-refractivity contribution is 0.0963. The Morgan fingerprint density at radius 2 is 1.95 bits per heavy atom. The largest absolute Gasteiger partial charge is 0.363 e. The van der Waals surface area contributed by atoms with Crippen molar-refractivity contribution in [2.45, 2.75) is 19.9 Å². The molecule has 19 heavy (non-hydrogen) atoms. The van der Waals surface area contributed by atoms with Gasteiger partial charge in [-0.25, -0.2) is 0 Å². The average Bonchev–Trinajstić information content (AvgIpc) is 2.44. The second-order valence-electron chi connectivity index (χ2n) is 4.36. The SMILES string of the molecule is CCCNC(=S)N(C)Cc1ccc(C(=O)NC)cc1. The van der Waals surface area contributed by atoms with Crippen LogP contribution in [0.1, 0.15) is 29.3 Å². The molecular weight excluding hydrogens is 258 g/mol. The molecule has 104 valence electrons. The Bertz CT molecular complexity index is 431. The van der Waals surface area contributed by atoms with Crippen LogP contribution in [-0.4, -0.2) is 36.6 Å². The van der Waals surface area contributed by atoms with Crippen molar-refractivity contribution < 1.29 is 4.79 Å². The summed E-state index contributed by atoms with van der Waals surface area (Å²) in [5.74, 6) is -0.0694. The molecule has 1 amide bonds. The van der Waals surface area contributed by atoms with Crippen LogP contribution in [0, 0.1) is 0 Å². The van der Waals surface area contributed by atoms with Gasteiger partial charge in [-0.3, -0.25) is 4.79 Å². The smallest absolute Gasteiger partial charge is 0.251 e. The van der Waals surface area contributed by atoms with Crippen LogP contribution in [0.25, 0.3) is 0 Å². The highest BCUT2D eigenvalue weighted by Gasteiger charge is 2.06. The Kier molecular flexibility index (Phi) is 6.29. The lowest BCUT2D eigenvalue weighted by Gasteiger charge is -2.21. The van der Waals surface area contributed by atoms with Crippen molar-refractivity contribution in [3.05, 3.63) is 35.4 Å². The van der Waals surface area contributed by atoms with Gasteiger partial charge in [-0.15, -0.1) is 0 Å². The molecule has 1 aromatic carbocycles. The van der Waals surface area contributed by atoms with Gasteiger partial charge in [0.05, 0.1) is 0 Å². The highest BCUT2D eigenvalue weighted by molar-refractivity contribution is 7.80. The summed E-state index contributed by atoms with van der Waals surface area (Å²) in [6, 6.07) is 7.54. The zero-order valence-electron chi connectivity index (χ0n) is 11.7. The molecule has 0 radical (unpaired) electrons. The molecule has 0 aliphatic rings. The average molecular weight is 279 g/mol. The normalized spacial score (nSPS) is 9.84. The maximum atomic E-state index is 11.4. The summed E-state index contributed by atoms with van der Waals surface area (Å²) in [6.45, 7) is 3.72. The standard InChI is InChI=1S/C14H21N3OS/c1-4-9-16-14(19)17(3)10-11-5-7-12(8-6-11)13(18)15-2/h5-8H,4,9-10H2,1-3H3,(H,15,18)(H,16,19). The highest BCUT2D eigenvalue weighted by atomic mass is 32.1. The van der Waals surface area contributed by atoms with Crippen molar-refractivity contribution in [3.8, 4) is 0 Å². The van der Waals surface area contributed by atoms with Crippen molar-refractivity contribution in [1.29, 1.82) is 0 Å². The van der Waals surface area contributed by atoms with E-state index in [9.17, 15) is 4.79 Å². The first kappa shape index (κ1) is 15.4. The number of carbonyl (C=O) groups is 1. The van der Waals surface area contributed by atoms with E-state index < -0.39 is 0 Å². The van der Waals surface area contributed by atoms with Gasteiger partial charge in [0.1, 0.15) is 0 Å². The van der Waals surface area contributed by atoms with E-state index in [2.05, 4.69) is 17.6 Å². The Morgan fingerprint density at radius 1 is 1.32 bits per heavy atom. The van der Waals surface area contributed by atoms with Crippen LogP contribution in [0.5, 0.6) is 0 Å². The van der Waals surface area contributed by atoms with E-state index in [-0.39, 0.29) is 5.91 Å². The van der Waals surface area contributed by atoms with E-state index in [4.69, 9.17) is 12.2 Å². The fourth-order valence-electron chi connectivity index (χ4n) is 1.62. The molecule has 1 rings (SSSR count). The van der Waals surface area contributed by atoms with Gasteiger partial charge in [0.15, 0.2) is 5.11 Å². The second-order valence-corrected chi connectivity index (χ2v) is 4.75. The van der Waals surface area contributed by atoms with Crippen LogP contribution in [-0.2, 0) is 6.54 Å². The molecule has 0 heterocycles. The lowest BCUT2D eigenvalue weighted by atomic mass is 10.1. The number of nitrogens with one attached hydrogen (secondary N) is 2. The molecule has 2 N–H and O–H groups in total. The Labute approximate surface area is 120 Å².